The van der Waals surface area contributed by atoms with E-state index in [1.54, 1.807) is 0 Å². The number of hydrogen-bond acceptors (Lipinski definition) is 3. The van der Waals surface area contributed by atoms with E-state index in [0.717, 1.165) is 23.4 Å². The first-order valence-electron chi connectivity index (χ1n) is 12.9. The van der Waals surface area contributed by atoms with E-state index < -0.39 is 0 Å². The molecule has 0 radical (unpaired) electrons. The van der Waals surface area contributed by atoms with Crippen LogP contribution < -0.4 is 4.74 Å². The molecule has 0 spiro atoms. The minimum atomic E-state index is 0.478. The van der Waals surface area contributed by atoms with Gasteiger partial charge in [-0.15, -0.1) is 0 Å². The number of fused-ring (bicyclic) bond motifs is 1. The summed E-state index contributed by atoms with van der Waals surface area (Å²) in [7, 11) is 0. The summed E-state index contributed by atoms with van der Waals surface area (Å²) < 4.78 is 6.09. The number of pyridine rings is 1. The Hall–Kier alpha value is -2.78. The van der Waals surface area contributed by atoms with Crippen molar-refractivity contribution < 1.29 is 4.74 Å². The summed E-state index contributed by atoms with van der Waals surface area (Å²) in [6, 6.07) is 30.3. The molecule has 0 saturated heterocycles. The summed E-state index contributed by atoms with van der Waals surface area (Å²) in [5, 5.41) is 1.72. The molecule has 3 heteroatoms. The van der Waals surface area contributed by atoms with Crippen molar-refractivity contribution in [1.29, 1.82) is 0 Å². The summed E-state index contributed by atoms with van der Waals surface area (Å²) in [6.45, 7) is 7.18. The van der Waals surface area contributed by atoms with Gasteiger partial charge in [0.1, 0.15) is 12.4 Å². The second-order valence-electron chi connectivity index (χ2n) is 9.50. The van der Waals surface area contributed by atoms with Crippen LogP contribution in [-0.2, 0) is 13.0 Å². The van der Waals surface area contributed by atoms with Gasteiger partial charge in [-0.25, -0.2) is 4.98 Å². The highest BCUT2D eigenvalue weighted by Gasteiger charge is 2.12. The second kappa shape index (κ2) is 12.8. The molecule has 182 valence electrons. The van der Waals surface area contributed by atoms with Crippen molar-refractivity contribution in [3.05, 3.63) is 107 Å². The lowest BCUT2D eigenvalue weighted by Gasteiger charge is -2.17. The van der Waals surface area contributed by atoms with Gasteiger partial charge in [-0.2, -0.15) is 11.8 Å². The number of nitrogens with zero attached hydrogens (tertiary/aromatic N) is 1. The standard InChI is InChI=1S/C32H37NOS/c1-4-21-35-32(12-8-11-25-9-6-5-7-10-25)26-14-18-30(19-15-26)34-23-29-17-13-28-22-27(24(2)3)16-20-31(28)33-29/h5-7,9-10,13-20,22,24,32H,4,8,11-12,21,23H2,1-3H3. The summed E-state index contributed by atoms with van der Waals surface area (Å²) in [4.78, 5) is 4.80. The highest BCUT2D eigenvalue weighted by Crippen LogP contribution is 2.35. The molecule has 35 heavy (non-hydrogen) atoms. The highest BCUT2D eigenvalue weighted by atomic mass is 32.2. The number of rotatable bonds is 12. The Morgan fingerprint density at radius 2 is 1.63 bits per heavy atom. The molecule has 0 bridgehead atoms. The summed E-state index contributed by atoms with van der Waals surface area (Å²) in [6.07, 6.45) is 4.75. The first kappa shape index (κ1) is 25.3. The van der Waals surface area contributed by atoms with Crippen LogP contribution >= 0.6 is 11.8 Å². The summed E-state index contributed by atoms with van der Waals surface area (Å²) in [5.41, 5.74) is 6.15. The number of hydrogen-bond donors (Lipinski definition) is 0. The number of thioether (sulfide) groups is 1. The van der Waals surface area contributed by atoms with Crippen LogP contribution in [0.3, 0.4) is 0 Å². The maximum absolute atomic E-state index is 6.09. The van der Waals surface area contributed by atoms with Gasteiger partial charge in [0, 0.05) is 10.6 Å². The molecule has 0 fully saturated rings. The van der Waals surface area contributed by atoms with Crippen molar-refractivity contribution in [1.82, 2.24) is 4.98 Å². The Morgan fingerprint density at radius 3 is 2.37 bits per heavy atom. The topological polar surface area (TPSA) is 22.1 Å². The Labute approximate surface area is 215 Å². The number of benzene rings is 3. The molecule has 1 unspecified atom stereocenters. The average molecular weight is 484 g/mol. The van der Waals surface area contributed by atoms with Crippen molar-refractivity contribution in [2.45, 2.75) is 64.2 Å². The zero-order valence-corrected chi connectivity index (χ0v) is 22.1. The molecule has 4 aromatic rings. The quantitative estimate of drug-likeness (QED) is 0.200. The Morgan fingerprint density at radius 1 is 0.857 bits per heavy atom. The third-order valence-electron chi connectivity index (χ3n) is 6.37. The lowest BCUT2D eigenvalue weighted by Crippen LogP contribution is -2.00. The maximum Gasteiger partial charge on any atom is 0.130 e. The molecule has 0 aliphatic carbocycles. The van der Waals surface area contributed by atoms with Gasteiger partial charge in [0.2, 0.25) is 0 Å². The Kier molecular flexibility index (Phi) is 9.25. The minimum absolute atomic E-state index is 0.478. The van der Waals surface area contributed by atoms with Gasteiger partial charge in [0.15, 0.2) is 0 Å². The van der Waals surface area contributed by atoms with E-state index >= 15 is 0 Å². The molecule has 0 aliphatic rings. The monoisotopic (exact) mass is 483 g/mol. The second-order valence-corrected chi connectivity index (χ2v) is 10.8. The summed E-state index contributed by atoms with van der Waals surface area (Å²) in [5.74, 6) is 2.61. The van der Waals surface area contributed by atoms with Crippen LogP contribution in [0.5, 0.6) is 5.75 Å². The zero-order valence-electron chi connectivity index (χ0n) is 21.2. The largest absolute Gasteiger partial charge is 0.487 e. The maximum atomic E-state index is 6.09. The van der Waals surface area contributed by atoms with Gasteiger partial charge < -0.3 is 4.74 Å². The van der Waals surface area contributed by atoms with Gasteiger partial charge in [0.05, 0.1) is 11.2 Å². The smallest absolute Gasteiger partial charge is 0.130 e. The fourth-order valence-electron chi connectivity index (χ4n) is 4.30. The van der Waals surface area contributed by atoms with Crippen LogP contribution in [0.25, 0.3) is 10.9 Å². The van der Waals surface area contributed by atoms with E-state index in [1.165, 1.54) is 47.1 Å². The van der Waals surface area contributed by atoms with E-state index in [9.17, 15) is 0 Å². The fourth-order valence-corrected chi connectivity index (χ4v) is 5.51. The van der Waals surface area contributed by atoms with Crippen molar-refractivity contribution in [2.75, 3.05) is 5.75 Å². The SMILES string of the molecule is CCCSC(CCCc1ccccc1)c1ccc(OCc2ccc3cc(C(C)C)ccc3n2)cc1. The highest BCUT2D eigenvalue weighted by molar-refractivity contribution is 7.99. The van der Waals surface area contributed by atoms with E-state index in [2.05, 4.69) is 117 Å². The molecule has 0 amide bonds. The van der Waals surface area contributed by atoms with Crippen LogP contribution in [-0.4, -0.2) is 10.7 Å². The first-order valence-corrected chi connectivity index (χ1v) is 13.9. The predicted octanol–water partition coefficient (Wildman–Crippen LogP) is 9.14. The number of aromatic nitrogens is 1. The molecule has 1 aromatic heterocycles. The van der Waals surface area contributed by atoms with Gasteiger partial charge >= 0.3 is 0 Å². The van der Waals surface area contributed by atoms with Crippen molar-refractivity contribution >= 4 is 22.7 Å². The Bertz CT molecular complexity index is 1190. The van der Waals surface area contributed by atoms with Crippen LogP contribution in [0, 0.1) is 0 Å². The van der Waals surface area contributed by atoms with Crippen LogP contribution in [0.1, 0.15) is 73.6 Å². The third kappa shape index (κ3) is 7.35. The summed E-state index contributed by atoms with van der Waals surface area (Å²) >= 11 is 2.08. The molecule has 2 nitrogen and oxygen atoms in total. The molecule has 1 heterocycles. The Balaban J connectivity index is 1.35. The molecule has 1 atom stereocenters. The molecule has 0 N–H and O–H groups in total. The number of ether oxygens (including phenoxy) is 1. The normalized spacial score (nSPS) is 12.2. The molecule has 0 saturated carbocycles. The zero-order chi connectivity index (χ0) is 24.5. The molecular weight excluding hydrogens is 446 g/mol. The van der Waals surface area contributed by atoms with Crippen molar-refractivity contribution in [2.24, 2.45) is 0 Å². The van der Waals surface area contributed by atoms with Gasteiger partial charge in [-0.1, -0.05) is 75.4 Å². The molecular formula is C32H37NOS. The predicted molar refractivity (Wildman–Crippen MR) is 151 cm³/mol. The van der Waals surface area contributed by atoms with Gasteiger partial charge in [-0.05, 0) is 84.4 Å². The van der Waals surface area contributed by atoms with E-state index in [4.69, 9.17) is 9.72 Å². The molecule has 4 rings (SSSR count). The first-order chi connectivity index (χ1) is 17.1. The van der Waals surface area contributed by atoms with Crippen molar-refractivity contribution in [3.8, 4) is 5.75 Å². The molecule has 3 aromatic carbocycles. The van der Waals surface area contributed by atoms with E-state index in [0.29, 0.717) is 17.8 Å². The van der Waals surface area contributed by atoms with Gasteiger partial charge in [0.25, 0.3) is 0 Å². The van der Waals surface area contributed by atoms with Crippen LogP contribution in [0.4, 0.5) is 0 Å². The van der Waals surface area contributed by atoms with Crippen LogP contribution in [0.2, 0.25) is 0 Å². The van der Waals surface area contributed by atoms with E-state index in [1.807, 2.05) is 0 Å². The van der Waals surface area contributed by atoms with Crippen molar-refractivity contribution in [3.63, 3.8) is 0 Å². The van der Waals surface area contributed by atoms with E-state index in [-0.39, 0.29) is 0 Å². The number of aryl methyl sites for hydroxylation is 1. The third-order valence-corrected chi connectivity index (χ3v) is 7.93. The molecule has 0 aliphatic heterocycles. The fraction of sp³-hybridized carbons (Fsp3) is 0.344. The minimum Gasteiger partial charge on any atom is -0.487 e. The lowest BCUT2D eigenvalue weighted by atomic mass is 10.0. The lowest BCUT2D eigenvalue weighted by molar-refractivity contribution is 0.301. The average Bonchev–Trinajstić information content (AvgIpc) is 2.90. The van der Waals surface area contributed by atoms with Gasteiger partial charge in [-0.3, -0.25) is 0 Å². The van der Waals surface area contributed by atoms with Crippen LogP contribution in [0.15, 0.2) is 84.9 Å².